The van der Waals surface area contributed by atoms with Crippen LogP contribution in [0.2, 0.25) is 5.02 Å². The van der Waals surface area contributed by atoms with Crippen LogP contribution < -0.4 is 10.2 Å². The lowest BCUT2D eigenvalue weighted by Gasteiger charge is -2.27. The first-order valence-electron chi connectivity index (χ1n) is 6.37. The molecule has 1 N–H and O–H groups in total. The zero-order valence-electron chi connectivity index (χ0n) is 10.4. The number of benzene rings is 1. The first-order chi connectivity index (χ1) is 8.70. The second kappa shape index (κ2) is 4.46. The fraction of sp³-hybridized carbons (Fsp3) is 0.500. The van der Waals surface area contributed by atoms with Gasteiger partial charge in [0.25, 0.3) is 0 Å². The highest BCUT2D eigenvalue weighted by Gasteiger charge is 2.42. The summed E-state index contributed by atoms with van der Waals surface area (Å²) in [6.07, 6.45) is 0. The molecule has 0 aromatic heterocycles. The minimum Gasteiger partial charge on any atom is -0.367 e. The van der Waals surface area contributed by atoms with Crippen molar-refractivity contribution in [1.29, 1.82) is 5.26 Å². The Labute approximate surface area is 112 Å². The molecule has 3 atom stereocenters. The third-order valence-electron chi connectivity index (χ3n) is 4.32. The van der Waals surface area contributed by atoms with Crippen LogP contribution in [0, 0.1) is 23.2 Å². The highest BCUT2D eigenvalue weighted by atomic mass is 35.5. The second-order valence-corrected chi connectivity index (χ2v) is 5.66. The van der Waals surface area contributed by atoms with E-state index in [-0.39, 0.29) is 0 Å². The van der Waals surface area contributed by atoms with E-state index in [9.17, 15) is 0 Å². The standard InChI is InChI=1S/C14H16ClN3/c1-9-12-7-17-6-11(12)8-18(9)14-3-2-10(5-16)4-13(14)15/h2-4,9,11-12,17H,6-8H2,1H3. The molecule has 18 heavy (non-hydrogen) atoms. The predicted octanol–water partition coefficient (Wildman–Crippen LogP) is 2.26. The van der Waals surface area contributed by atoms with Gasteiger partial charge in [-0.25, -0.2) is 0 Å². The lowest BCUT2D eigenvalue weighted by atomic mass is 9.95. The minimum atomic E-state index is 0.510. The van der Waals surface area contributed by atoms with Gasteiger partial charge in [-0.2, -0.15) is 5.26 Å². The van der Waals surface area contributed by atoms with Crippen molar-refractivity contribution in [3.05, 3.63) is 28.8 Å². The van der Waals surface area contributed by atoms with Crippen molar-refractivity contribution in [3.63, 3.8) is 0 Å². The largest absolute Gasteiger partial charge is 0.367 e. The van der Waals surface area contributed by atoms with Crippen molar-refractivity contribution in [1.82, 2.24) is 5.32 Å². The molecule has 1 aromatic carbocycles. The Morgan fingerprint density at radius 1 is 1.44 bits per heavy atom. The highest BCUT2D eigenvalue weighted by molar-refractivity contribution is 6.33. The maximum absolute atomic E-state index is 8.87. The van der Waals surface area contributed by atoms with Crippen molar-refractivity contribution >= 4 is 17.3 Å². The monoisotopic (exact) mass is 261 g/mol. The normalized spacial score (nSPS) is 30.3. The maximum atomic E-state index is 8.87. The van der Waals surface area contributed by atoms with E-state index in [1.807, 2.05) is 12.1 Å². The number of rotatable bonds is 1. The van der Waals surface area contributed by atoms with Gasteiger partial charge in [0.1, 0.15) is 0 Å². The molecule has 94 valence electrons. The fourth-order valence-corrected chi connectivity index (χ4v) is 3.58. The summed E-state index contributed by atoms with van der Waals surface area (Å²) in [5.74, 6) is 1.45. The van der Waals surface area contributed by atoms with Gasteiger partial charge in [-0.05, 0) is 37.0 Å². The van der Waals surface area contributed by atoms with Crippen LogP contribution in [0.4, 0.5) is 5.69 Å². The second-order valence-electron chi connectivity index (χ2n) is 5.25. The summed E-state index contributed by atoms with van der Waals surface area (Å²) in [6.45, 7) is 5.55. The quantitative estimate of drug-likeness (QED) is 0.843. The molecular formula is C14H16ClN3. The molecule has 0 amide bonds. The van der Waals surface area contributed by atoms with E-state index in [0.717, 1.165) is 37.2 Å². The first-order valence-corrected chi connectivity index (χ1v) is 6.75. The van der Waals surface area contributed by atoms with Gasteiger partial charge in [-0.15, -0.1) is 0 Å². The van der Waals surface area contributed by atoms with E-state index in [4.69, 9.17) is 16.9 Å². The molecule has 2 heterocycles. The summed E-state index contributed by atoms with van der Waals surface area (Å²) in [5.41, 5.74) is 1.69. The van der Waals surface area contributed by atoms with E-state index in [1.54, 1.807) is 6.07 Å². The summed E-state index contributed by atoms with van der Waals surface area (Å²) < 4.78 is 0. The molecule has 4 heteroatoms. The van der Waals surface area contributed by atoms with Crippen LogP contribution in [-0.4, -0.2) is 25.7 Å². The topological polar surface area (TPSA) is 39.1 Å². The first kappa shape index (κ1) is 11.8. The van der Waals surface area contributed by atoms with Crippen LogP contribution in [0.5, 0.6) is 0 Å². The summed E-state index contributed by atoms with van der Waals surface area (Å²) >= 11 is 6.30. The van der Waals surface area contributed by atoms with Crippen LogP contribution in [0.1, 0.15) is 12.5 Å². The molecule has 0 bridgehead atoms. The number of hydrogen-bond donors (Lipinski definition) is 1. The minimum absolute atomic E-state index is 0.510. The van der Waals surface area contributed by atoms with E-state index < -0.39 is 0 Å². The molecule has 0 spiro atoms. The highest BCUT2D eigenvalue weighted by Crippen LogP contribution is 2.38. The molecule has 2 fully saturated rings. The Hall–Kier alpha value is -1.24. The van der Waals surface area contributed by atoms with Crippen molar-refractivity contribution < 1.29 is 0 Å². The van der Waals surface area contributed by atoms with Crippen LogP contribution in [0.15, 0.2) is 18.2 Å². The maximum Gasteiger partial charge on any atom is 0.0992 e. The molecule has 0 saturated carbocycles. The zero-order chi connectivity index (χ0) is 12.7. The third-order valence-corrected chi connectivity index (χ3v) is 4.62. The van der Waals surface area contributed by atoms with Crippen LogP contribution in [0.25, 0.3) is 0 Å². The van der Waals surface area contributed by atoms with Gasteiger partial charge in [-0.3, -0.25) is 0 Å². The van der Waals surface area contributed by atoms with Crippen molar-refractivity contribution in [2.45, 2.75) is 13.0 Å². The van der Waals surface area contributed by atoms with Crippen molar-refractivity contribution in [2.24, 2.45) is 11.8 Å². The molecule has 1 aromatic rings. The van der Waals surface area contributed by atoms with Gasteiger partial charge in [0.2, 0.25) is 0 Å². The Kier molecular flexibility index (Phi) is 2.93. The SMILES string of the molecule is CC1C2CNCC2CN1c1ccc(C#N)cc1Cl. The average molecular weight is 262 g/mol. The number of hydrogen-bond acceptors (Lipinski definition) is 3. The molecule has 3 rings (SSSR count). The van der Waals surface area contributed by atoms with Crippen molar-refractivity contribution in [2.75, 3.05) is 24.5 Å². The molecule has 0 radical (unpaired) electrons. The molecule has 3 nitrogen and oxygen atoms in total. The average Bonchev–Trinajstić information content (AvgIpc) is 2.93. The number of halogens is 1. The van der Waals surface area contributed by atoms with Gasteiger partial charge in [-0.1, -0.05) is 11.6 Å². The molecule has 3 unspecified atom stereocenters. The molecular weight excluding hydrogens is 246 g/mol. The smallest absolute Gasteiger partial charge is 0.0992 e. The predicted molar refractivity (Wildman–Crippen MR) is 72.8 cm³/mol. The zero-order valence-corrected chi connectivity index (χ0v) is 11.1. The fourth-order valence-electron chi connectivity index (χ4n) is 3.29. The molecule has 2 aliphatic rings. The van der Waals surface area contributed by atoms with E-state index in [1.165, 1.54) is 0 Å². The lowest BCUT2D eigenvalue weighted by Crippen LogP contribution is -2.33. The summed E-state index contributed by atoms with van der Waals surface area (Å²) in [6, 6.07) is 8.22. The Bertz CT molecular complexity index is 508. The van der Waals surface area contributed by atoms with Gasteiger partial charge >= 0.3 is 0 Å². The third kappa shape index (κ3) is 1.77. The summed E-state index contributed by atoms with van der Waals surface area (Å²) in [4.78, 5) is 2.39. The van der Waals surface area contributed by atoms with Crippen molar-refractivity contribution in [3.8, 4) is 6.07 Å². The van der Waals surface area contributed by atoms with E-state index in [0.29, 0.717) is 16.6 Å². The van der Waals surface area contributed by atoms with Crippen LogP contribution in [0.3, 0.4) is 0 Å². The molecule has 2 aliphatic heterocycles. The molecule has 0 aliphatic carbocycles. The van der Waals surface area contributed by atoms with Gasteiger partial charge in [0, 0.05) is 25.7 Å². The van der Waals surface area contributed by atoms with Crippen LogP contribution >= 0.6 is 11.6 Å². The number of nitrogens with one attached hydrogen (secondary N) is 1. The number of anilines is 1. The van der Waals surface area contributed by atoms with Crippen LogP contribution in [-0.2, 0) is 0 Å². The van der Waals surface area contributed by atoms with Gasteiger partial charge in [0.15, 0.2) is 0 Å². The lowest BCUT2D eigenvalue weighted by molar-refractivity contribution is 0.471. The Morgan fingerprint density at radius 2 is 2.28 bits per heavy atom. The van der Waals surface area contributed by atoms with Gasteiger partial charge in [0.05, 0.1) is 22.3 Å². The Morgan fingerprint density at radius 3 is 2.94 bits per heavy atom. The number of nitrogens with zero attached hydrogens (tertiary/aromatic N) is 2. The Balaban J connectivity index is 1.90. The van der Waals surface area contributed by atoms with E-state index in [2.05, 4.69) is 23.2 Å². The van der Waals surface area contributed by atoms with E-state index >= 15 is 0 Å². The summed E-state index contributed by atoms with van der Waals surface area (Å²) in [5, 5.41) is 13.0. The molecule has 2 saturated heterocycles. The summed E-state index contributed by atoms with van der Waals surface area (Å²) in [7, 11) is 0. The number of fused-ring (bicyclic) bond motifs is 1. The number of nitriles is 1. The van der Waals surface area contributed by atoms with Gasteiger partial charge < -0.3 is 10.2 Å².